The van der Waals surface area contributed by atoms with Gasteiger partial charge in [-0.1, -0.05) is 66.7 Å². The molecule has 0 aromatic heterocycles. The van der Waals surface area contributed by atoms with Crippen LogP contribution in [0.2, 0.25) is 0 Å². The van der Waals surface area contributed by atoms with Gasteiger partial charge >= 0.3 is 0 Å². The third kappa shape index (κ3) is 4.97. The fourth-order valence-corrected chi connectivity index (χ4v) is 4.58. The predicted molar refractivity (Wildman–Crippen MR) is 130 cm³/mol. The van der Waals surface area contributed by atoms with Gasteiger partial charge in [0, 0.05) is 10.1 Å². The lowest BCUT2D eigenvalue weighted by atomic mass is 10.1. The van der Waals surface area contributed by atoms with E-state index in [4.69, 9.17) is 4.99 Å². The first-order valence-corrected chi connectivity index (χ1v) is 11.2. The van der Waals surface area contributed by atoms with Crippen LogP contribution in [-0.4, -0.2) is 22.5 Å². The molecule has 4 rings (SSSR count). The molecule has 144 valence electrons. The van der Waals surface area contributed by atoms with E-state index in [1.54, 1.807) is 4.90 Å². The molecule has 0 spiro atoms. The number of amidine groups is 1. The number of hydrogen-bond donors (Lipinski definition) is 0. The minimum Gasteiger partial charge on any atom is -0.286 e. The molecule has 0 saturated carbocycles. The van der Waals surface area contributed by atoms with Crippen LogP contribution in [0.3, 0.4) is 0 Å². The molecule has 3 nitrogen and oxygen atoms in total. The first-order chi connectivity index (χ1) is 14.2. The molecule has 0 N–H and O–H groups in total. The molecule has 1 aliphatic rings. The minimum atomic E-state index is 0.0141. The summed E-state index contributed by atoms with van der Waals surface area (Å²) in [6.45, 7) is 0.602. The van der Waals surface area contributed by atoms with Crippen LogP contribution < -0.4 is 0 Å². The van der Waals surface area contributed by atoms with E-state index >= 15 is 0 Å². The molecule has 0 atom stereocenters. The summed E-state index contributed by atoms with van der Waals surface area (Å²) in [5, 5.41) is 0.731. The Bertz CT molecular complexity index is 1060. The third-order valence-electron chi connectivity index (χ3n) is 4.53. The molecule has 1 fully saturated rings. The summed E-state index contributed by atoms with van der Waals surface area (Å²) in [7, 11) is 0. The van der Waals surface area contributed by atoms with E-state index in [1.807, 2.05) is 78.9 Å². The SMILES string of the molecule is O=C1/C(=C/c2ccccc2I)SC(=Nc2ccccc2)N1CCc1ccccc1. The van der Waals surface area contributed by atoms with Crippen LogP contribution in [0.25, 0.3) is 6.08 Å². The molecule has 1 aliphatic heterocycles. The Labute approximate surface area is 188 Å². The zero-order chi connectivity index (χ0) is 20.1. The second-order valence-corrected chi connectivity index (χ2v) is 8.73. The van der Waals surface area contributed by atoms with Crippen molar-refractivity contribution in [2.24, 2.45) is 4.99 Å². The fraction of sp³-hybridized carbons (Fsp3) is 0.0833. The smallest absolute Gasteiger partial charge is 0.266 e. The summed E-state index contributed by atoms with van der Waals surface area (Å²) in [6, 6.07) is 28.1. The van der Waals surface area contributed by atoms with E-state index < -0.39 is 0 Å². The van der Waals surface area contributed by atoms with Crippen LogP contribution in [0, 0.1) is 3.57 Å². The Morgan fingerprint density at radius 3 is 2.28 bits per heavy atom. The first kappa shape index (κ1) is 19.9. The van der Waals surface area contributed by atoms with Gasteiger partial charge in [0.25, 0.3) is 5.91 Å². The van der Waals surface area contributed by atoms with Crippen LogP contribution in [0.15, 0.2) is 94.8 Å². The molecule has 1 heterocycles. The zero-order valence-electron chi connectivity index (χ0n) is 15.7. The highest BCUT2D eigenvalue weighted by Gasteiger charge is 2.33. The normalized spacial score (nSPS) is 16.7. The van der Waals surface area contributed by atoms with Crippen LogP contribution >= 0.6 is 34.4 Å². The average molecular weight is 510 g/mol. The number of hydrogen-bond acceptors (Lipinski definition) is 3. The molecule has 0 aliphatic carbocycles. The van der Waals surface area contributed by atoms with Crippen molar-refractivity contribution in [3.05, 3.63) is 105 Å². The monoisotopic (exact) mass is 510 g/mol. The molecule has 0 unspecified atom stereocenters. The van der Waals surface area contributed by atoms with E-state index in [1.165, 1.54) is 17.3 Å². The van der Waals surface area contributed by atoms with Gasteiger partial charge in [-0.2, -0.15) is 0 Å². The van der Waals surface area contributed by atoms with Gasteiger partial charge in [-0.3, -0.25) is 9.69 Å². The number of aliphatic imine (C=N–C) groups is 1. The van der Waals surface area contributed by atoms with Crippen LogP contribution in [-0.2, 0) is 11.2 Å². The molecular weight excluding hydrogens is 491 g/mol. The largest absolute Gasteiger partial charge is 0.286 e. The summed E-state index contributed by atoms with van der Waals surface area (Å²) in [4.78, 5) is 20.5. The van der Waals surface area contributed by atoms with Crippen molar-refractivity contribution in [3.8, 4) is 0 Å². The van der Waals surface area contributed by atoms with Crippen molar-refractivity contribution in [1.82, 2.24) is 4.90 Å². The maximum absolute atomic E-state index is 13.2. The minimum absolute atomic E-state index is 0.0141. The molecule has 3 aromatic carbocycles. The van der Waals surface area contributed by atoms with Crippen molar-refractivity contribution in [3.63, 3.8) is 0 Å². The standard InChI is InChI=1S/C24H19IN2OS/c25-21-14-8-7-11-19(21)17-22-23(28)27(16-15-18-9-3-1-4-10-18)24(29-22)26-20-12-5-2-6-13-20/h1-14,17H,15-16H2/b22-17-,26-24?. The highest BCUT2D eigenvalue weighted by Crippen LogP contribution is 2.34. The Morgan fingerprint density at radius 1 is 0.897 bits per heavy atom. The maximum Gasteiger partial charge on any atom is 0.266 e. The topological polar surface area (TPSA) is 32.7 Å². The van der Waals surface area contributed by atoms with Crippen molar-refractivity contribution in [2.75, 3.05) is 6.54 Å². The summed E-state index contributed by atoms with van der Waals surface area (Å²) < 4.78 is 1.12. The first-order valence-electron chi connectivity index (χ1n) is 9.34. The molecular formula is C24H19IN2OS. The summed E-state index contributed by atoms with van der Waals surface area (Å²) >= 11 is 3.74. The third-order valence-corrected chi connectivity index (χ3v) is 6.52. The summed E-state index contributed by atoms with van der Waals surface area (Å²) in [5.41, 5.74) is 3.11. The summed E-state index contributed by atoms with van der Waals surface area (Å²) in [6.07, 6.45) is 2.76. The van der Waals surface area contributed by atoms with Gasteiger partial charge in [0.2, 0.25) is 0 Å². The lowest BCUT2D eigenvalue weighted by molar-refractivity contribution is -0.122. The molecule has 5 heteroatoms. The molecule has 1 amide bonds. The average Bonchev–Trinajstić information content (AvgIpc) is 3.04. The van der Waals surface area contributed by atoms with Gasteiger partial charge in [0.15, 0.2) is 5.17 Å². The van der Waals surface area contributed by atoms with E-state index in [2.05, 4.69) is 34.7 Å². The second-order valence-electron chi connectivity index (χ2n) is 6.55. The number of rotatable bonds is 5. The van der Waals surface area contributed by atoms with Crippen molar-refractivity contribution in [2.45, 2.75) is 6.42 Å². The van der Waals surface area contributed by atoms with E-state index in [9.17, 15) is 4.79 Å². The number of halogens is 1. The maximum atomic E-state index is 13.2. The molecule has 3 aromatic rings. The quantitative estimate of drug-likeness (QED) is 0.305. The van der Waals surface area contributed by atoms with Gasteiger partial charge in [0.05, 0.1) is 10.6 Å². The van der Waals surface area contributed by atoms with E-state index in [0.717, 1.165) is 26.4 Å². The Hall–Kier alpha value is -2.38. The lowest BCUT2D eigenvalue weighted by Gasteiger charge is -2.15. The number of carbonyl (C=O) groups is 1. The van der Waals surface area contributed by atoms with Crippen LogP contribution in [0.5, 0.6) is 0 Å². The fourth-order valence-electron chi connectivity index (χ4n) is 3.02. The molecule has 1 saturated heterocycles. The van der Waals surface area contributed by atoms with Crippen LogP contribution in [0.1, 0.15) is 11.1 Å². The number of thioether (sulfide) groups is 1. The number of carbonyl (C=O) groups excluding carboxylic acids is 1. The van der Waals surface area contributed by atoms with Gasteiger partial charge in [0.1, 0.15) is 0 Å². The van der Waals surface area contributed by atoms with Gasteiger partial charge in [-0.25, -0.2) is 4.99 Å². The van der Waals surface area contributed by atoms with Gasteiger partial charge in [-0.05, 0) is 76.2 Å². The molecule has 0 bridgehead atoms. The van der Waals surface area contributed by atoms with E-state index in [-0.39, 0.29) is 5.91 Å². The van der Waals surface area contributed by atoms with Gasteiger partial charge in [-0.15, -0.1) is 0 Å². The summed E-state index contributed by atoms with van der Waals surface area (Å²) in [5.74, 6) is 0.0141. The zero-order valence-corrected chi connectivity index (χ0v) is 18.6. The van der Waals surface area contributed by atoms with Gasteiger partial charge < -0.3 is 0 Å². The van der Waals surface area contributed by atoms with Crippen molar-refractivity contribution in [1.29, 1.82) is 0 Å². The number of para-hydroxylation sites is 1. The number of nitrogens with zero attached hydrogens (tertiary/aromatic N) is 2. The number of amides is 1. The molecule has 0 radical (unpaired) electrons. The Morgan fingerprint density at radius 2 is 1.55 bits per heavy atom. The Balaban J connectivity index is 1.64. The lowest BCUT2D eigenvalue weighted by Crippen LogP contribution is -2.31. The second kappa shape index (κ2) is 9.41. The van der Waals surface area contributed by atoms with E-state index in [0.29, 0.717) is 11.4 Å². The molecule has 29 heavy (non-hydrogen) atoms. The highest BCUT2D eigenvalue weighted by atomic mass is 127. The number of benzene rings is 3. The van der Waals surface area contributed by atoms with Crippen molar-refractivity contribution >= 4 is 57.2 Å². The predicted octanol–water partition coefficient (Wildman–Crippen LogP) is 6.14. The highest BCUT2D eigenvalue weighted by molar-refractivity contribution is 14.1. The van der Waals surface area contributed by atoms with Crippen molar-refractivity contribution < 1.29 is 4.79 Å². The van der Waals surface area contributed by atoms with Crippen LogP contribution in [0.4, 0.5) is 5.69 Å². The Kier molecular flexibility index (Phi) is 6.46.